The summed E-state index contributed by atoms with van der Waals surface area (Å²) in [6.07, 6.45) is 3.75. The van der Waals surface area contributed by atoms with E-state index >= 15 is 0 Å². The maximum absolute atomic E-state index is 13.3. The van der Waals surface area contributed by atoms with Crippen LogP contribution in [0.4, 0.5) is 4.39 Å². The van der Waals surface area contributed by atoms with Crippen LogP contribution in [-0.2, 0) is 0 Å². The Hall–Kier alpha value is -0.890. The Balaban J connectivity index is 1.98. The Kier molecular flexibility index (Phi) is 4.29. The van der Waals surface area contributed by atoms with Crippen LogP contribution >= 0.6 is 0 Å². The molecule has 0 saturated heterocycles. The molecule has 106 valence electrons. The molecule has 0 heterocycles. The van der Waals surface area contributed by atoms with Crippen molar-refractivity contribution in [3.63, 3.8) is 0 Å². The molecular weight excluding hydrogens is 237 g/mol. The average molecular weight is 263 g/mol. The van der Waals surface area contributed by atoms with Gasteiger partial charge in [-0.1, -0.05) is 32.9 Å². The maximum atomic E-state index is 13.3. The van der Waals surface area contributed by atoms with Crippen molar-refractivity contribution >= 4 is 0 Å². The summed E-state index contributed by atoms with van der Waals surface area (Å²) in [5, 5.41) is 3.68. The molecule has 0 amide bonds. The van der Waals surface area contributed by atoms with E-state index in [-0.39, 0.29) is 11.9 Å². The summed E-state index contributed by atoms with van der Waals surface area (Å²) in [4.78, 5) is 0. The second kappa shape index (κ2) is 5.62. The van der Waals surface area contributed by atoms with E-state index in [0.717, 1.165) is 5.56 Å². The van der Waals surface area contributed by atoms with Crippen molar-refractivity contribution in [2.45, 2.75) is 59.0 Å². The number of hydrogen-bond donors (Lipinski definition) is 1. The zero-order valence-corrected chi connectivity index (χ0v) is 12.5. The highest BCUT2D eigenvalue weighted by Gasteiger charge is 2.32. The molecule has 1 aromatic carbocycles. The molecule has 1 fully saturated rings. The topological polar surface area (TPSA) is 12.0 Å². The van der Waals surface area contributed by atoms with E-state index in [9.17, 15) is 4.39 Å². The number of rotatable bonds is 3. The molecule has 1 N–H and O–H groups in total. The quantitative estimate of drug-likeness (QED) is 0.834. The van der Waals surface area contributed by atoms with Gasteiger partial charge in [-0.15, -0.1) is 0 Å². The molecule has 19 heavy (non-hydrogen) atoms. The summed E-state index contributed by atoms with van der Waals surface area (Å²) >= 11 is 0. The molecule has 1 nitrogen and oxygen atoms in total. The first-order valence-electron chi connectivity index (χ1n) is 7.39. The van der Waals surface area contributed by atoms with Gasteiger partial charge in [0, 0.05) is 12.1 Å². The van der Waals surface area contributed by atoms with E-state index in [1.807, 2.05) is 6.07 Å². The van der Waals surface area contributed by atoms with Crippen LogP contribution in [0.5, 0.6) is 0 Å². The van der Waals surface area contributed by atoms with Gasteiger partial charge in [0.2, 0.25) is 0 Å². The van der Waals surface area contributed by atoms with Crippen molar-refractivity contribution in [1.82, 2.24) is 5.32 Å². The highest BCUT2D eigenvalue weighted by molar-refractivity contribution is 5.19. The lowest BCUT2D eigenvalue weighted by atomic mass is 9.70. The van der Waals surface area contributed by atoms with Crippen LogP contribution < -0.4 is 5.32 Å². The molecule has 1 aromatic rings. The summed E-state index contributed by atoms with van der Waals surface area (Å²) in [7, 11) is 0. The molecular formula is C17H26FN. The molecule has 1 aliphatic carbocycles. The predicted molar refractivity (Wildman–Crippen MR) is 78.5 cm³/mol. The third-order valence-corrected chi connectivity index (χ3v) is 4.51. The fourth-order valence-electron chi connectivity index (χ4n) is 3.39. The smallest absolute Gasteiger partial charge is 0.123 e. The zero-order chi connectivity index (χ0) is 14.0. The third kappa shape index (κ3) is 3.79. The Morgan fingerprint density at radius 3 is 2.74 bits per heavy atom. The molecule has 0 radical (unpaired) electrons. The van der Waals surface area contributed by atoms with E-state index < -0.39 is 0 Å². The van der Waals surface area contributed by atoms with Crippen LogP contribution in [0.25, 0.3) is 0 Å². The Morgan fingerprint density at radius 1 is 1.37 bits per heavy atom. The van der Waals surface area contributed by atoms with Crippen molar-refractivity contribution in [3.8, 4) is 0 Å². The molecule has 0 spiro atoms. The van der Waals surface area contributed by atoms with Crippen LogP contribution in [0, 0.1) is 17.2 Å². The van der Waals surface area contributed by atoms with Crippen LogP contribution in [0.15, 0.2) is 24.3 Å². The molecule has 0 aliphatic heterocycles. The van der Waals surface area contributed by atoms with Gasteiger partial charge in [-0.25, -0.2) is 4.39 Å². The number of nitrogens with one attached hydrogen (secondary N) is 1. The SMILES string of the molecule is CC1CC(C)(C)CCC1N[C@H](C)c1cccc(F)c1. The van der Waals surface area contributed by atoms with Crippen molar-refractivity contribution < 1.29 is 4.39 Å². The van der Waals surface area contributed by atoms with E-state index in [4.69, 9.17) is 0 Å². The predicted octanol–water partition coefficient (Wildman–Crippen LogP) is 4.69. The molecule has 2 rings (SSSR count). The van der Waals surface area contributed by atoms with E-state index in [0.29, 0.717) is 17.4 Å². The fraction of sp³-hybridized carbons (Fsp3) is 0.647. The Morgan fingerprint density at radius 2 is 2.11 bits per heavy atom. The molecule has 2 heteroatoms. The van der Waals surface area contributed by atoms with E-state index in [2.05, 4.69) is 33.0 Å². The Labute approximate surface area is 116 Å². The van der Waals surface area contributed by atoms with Crippen LogP contribution in [-0.4, -0.2) is 6.04 Å². The second-order valence-electron chi connectivity index (χ2n) is 6.93. The lowest BCUT2D eigenvalue weighted by molar-refractivity contribution is 0.143. The van der Waals surface area contributed by atoms with Gasteiger partial charge in [0.05, 0.1) is 0 Å². The van der Waals surface area contributed by atoms with Gasteiger partial charge in [0.1, 0.15) is 5.82 Å². The van der Waals surface area contributed by atoms with Crippen molar-refractivity contribution in [1.29, 1.82) is 0 Å². The maximum Gasteiger partial charge on any atom is 0.123 e. The minimum absolute atomic E-state index is 0.149. The summed E-state index contributed by atoms with van der Waals surface area (Å²) < 4.78 is 13.3. The number of hydrogen-bond acceptors (Lipinski definition) is 1. The first-order chi connectivity index (χ1) is 8.87. The molecule has 0 bridgehead atoms. The standard InChI is InChI=1S/C17H26FN/c1-12-11-17(3,4)9-8-16(12)19-13(2)14-6-5-7-15(18)10-14/h5-7,10,12-13,16,19H,8-9,11H2,1-4H3/t12?,13-,16?/m1/s1. The number of benzene rings is 1. The Bertz CT molecular complexity index is 427. The minimum atomic E-state index is -0.149. The molecule has 1 aliphatic rings. The lowest BCUT2D eigenvalue weighted by Gasteiger charge is -2.40. The molecule has 1 saturated carbocycles. The van der Waals surface area contributed by atoms with Gasteiger partial charge in [0.25, 0.3) is 0 Å². The van der Waals surface area contributed by atoms with Gasteiger partial charge >= 0.3 is 0 Å². The van der Waals surface area contributed by atoms with Crippen LogP contribution in [0.2, 0.25) is 0 Å². The lowest BCUT2D eigenvalue weighted by Crippen LogP contribution is -2.42. The largest absolute Gasteiger partial charge is 0.307 e. The first-order valence-corrected chi connectivity index (χ1v) is 7.39. The monoisotopic (exact) mass is 263 g/mol. The van der Waals surface area contributed by atoms with E-state index in [1.165, 1.54) is 25.3 Å². The highest BCUT2D eigenvalue weighted by atomic mass is 19.1. The summed E-state index contributed by atoms with van der Waals surface area (Å²) in [5.41, 5.74) is 1.51. The summed E-state index contributed by atoms with van der Waals surface area (Å²) in [5.74, 6) is 0.531. The van der Waals surface area contributed by atoms with Crippen molar-refractivity contribution in [2.24, 2.45) is 11.3 Å². The normalized spacial score (nSPS) is 28.1. The van der Waals surface area contributed by atoms with Gasteiger partial charge < -0.3 is 5.32 Å². The van der Waals surface area contributed by atoms with Gasteiger partial charge in [-0.05, 0) is 55.2 Å². The van der Waals surface area contributed by atoms with Gasteiger partial charge in [-0.2, -0.15) is 0 Å². The summed E-state index contributed by atoms with van der Waals surface area (Å²) in [6.45, 7) is 9.17. The van der Waals surface area contributed by atoms with Crippen LogP contribution in [0.3, 0.4) is 0 Å². The first kappa shape index (κ1) is 14.5. The van der Waals surface area contributed by atoms with Gasteiger partial charge in [0.15, 0.2) is 0 Å². The van der Waals surface area contributed by atoms with Crippen LogP contribution in [0.1, 0.15) is 58.6 Å². The van der Waals surface area contributed by atoms with E-state index in [1.54, 1.807) is 12.1 Å². The third-order valence-electron chi connectivity index (χ3n) is 4.51. The second-order valence-corrected chi connectivity index (χ2v) is 6.93. The highest BCUT2D eigenvalue weighted by Crippen LogP contribution is 2.39. The van der Waals surface area contributed by atoms with Crippen molar-refractivity contribution in [2.75, 3.05) is 0 Å². The minimum Gasteiger partial charge on any atom is -0.307 e. The summed E-state index contributed by atoms with van der Waals surface area (Å²) in [6, 6.07) is 7.68. The molecule has 2 unspecified atom stereocenters. The molecule has 0 aromatic heterocycles. The van der Waals surface area contributed by atoms with Gasteiger partial charge in [-0.3, -0.25) is 0 Å². The number of halogens is 1. The zero-order valence-electron chi connectivity index (χ0n) is 12.5. The molecule has 3 atom stereocenters. The van der Waals surface area contributed by atoms with Crippen molar-refractivity contribution in [3.05, 3.63) is 35.6 Å². The average Bonchev–Trinajstić information content (AvgIpc) is 2.32. The fourth-order valence-corrected chi connectivity index (χ4v) is 3.39.